The van der Waals surface area contributed by atoms with E-state index in [-0.39, 0.29) is 11.5 Å². The first-order chi connectivity index (χ1) is 6.31. The Labute approximate surface area is 86.8 Å². The van der Waals surface area contributed by atoms with Gasteiger partial charge in [-0.2, -0.15) is 0 Å². The molecule has 1 atom stereocenters. The summed E-state index contributed by atoms with van der Waals surface area (Å²) in [6.07, 6.45) is 0.922. The lowest BCUT2D eigenvalue weighted by atomic mass is 10.2. The highest BCUT2D eigenvalue weighted by Crippen LogP contribution is 2.10. The largest absolute Gasteiger partial charge is 0.298 e. The lowest BCUT2D eigenvalue weighted by molar-refractivity contribution is -0.118. The van der Waals surface area contributed by atoms with E-state index < -0.39 is 15.1 Å². The van der Waals surface area contributed by atoms with Crippen LogP contribution in [0.2, 0.25) is 0 Å². The zero-order valence-corrected chi connectivity index (χ0v) is 10.2. The van der Waals surface area contributed by atoms with E-state index in [0.717, 1.165) is 0 Å². The van der Waals surface area contributed by atoms with Crippen LogP contribution >= 0.6 is 0 Å². The van der Waals surface area contributed by atoms with Crippen molar-refractivity contribution in [2.75, 3.05) is 5.75 Å². The lowest BCUT2D eigenvalue weighted by Gasteiger charge is -2.11. The van der Waals surface area contributed by atoms with Gasteiger partial charge in [-0.25, -0.2) is 8.42 Å². The van der Waals surface area contributed by atoms with Gasteiger partial charge in [0.05, 0.1) is 5.75 Å². The van der Waals surface area contributed by atoms with Gasteiger partial charge in [0, 0.05) is 6.42 Å². The number of hydrogen-bond donors (Lipinski definition) is 0. The van der Waals surface area contributed by atoms with Crippen LogP contribution in [0.4, 0.5) is 0 Å². The minimum Gasteiger partial charge on any atom is -0.298 e. The number of rotatable bonds is 6. The second kappa shape index (κ2) is 5.49. The van der Waals surface area contributed by atoms with Crippen molar-refractivity contribution in [1.82, 2.24) is 0 Å². The molecule has 0 N–H and O–H groups in total. The molecule has 0 fully saturated rings. The minimum absolute atomic E-state index is 0.123. The SMILES string of the molecule is CCC(=O)C(C)S(=O)(=O)CCC(C)C. The van der Waals surface area contributed by atoms with Crippen LogP contribution in [-0.4, -0.2) is 25.2 Å². The summed E-state index contributed by atoms with van der Waals surface area (Å²) in [6.45, 7) is 7.13. The third-order valence-corrected chi connectivity index (χ3v) is 4.47. The maximum absolute atomic E-state index is 11.6. The maximum Gasteiger partial charge on any atom is 0.159 e. The van der Waals surface area contributed by atoms with Crippen molar-refractivity contribution in [3.05, 3.63) is 0 Å². The van der Waals surface area contributed by atoms with Gasteiger partial charge in [0.1, 0.15) is 11.0 Å². The molecule has 0 heterocycles. The molecule has 0 aliphatic carbocycles. The van der Waals surface area contributed by atoms with E-state index in [9.17, 15) is 13.2 Å². The summed E-state index contributed by atoms with van der Waals surface area (Å²) in [5.74, 6) is 0.292. The Balaban J connectivity index is 4.39. The summed E-state index contributed by atoms with van der Waals surface area (Å²) < 4.78 is 23.2. The first-order valence-electron chi connectivity index (χ1n) is 5.05. The molecule has 0 radical (unpaired) electrons. The van der Waals surface area contributed by atoms with E-state index in [2.05, 4.69) is 0 Å². The molecule has 0 saturated heterocycles. The van der Waals surface area contributed by atoms with Gasteiger partial charge in [-0.1, -0.05) is 20.8 Å². The van der Waals surface area contributed by atoms with Crippen molar-refractivity contribution < 1.29 is 13.2 Å². The van der Waals surface area contributed by atoms with E-state index in [1.807, 2.05) is 13.8 Å². The molecule has 0 bridgehead atoms. The monoisotopic (exact) mass is 220 g/mol. The average molecular weight is 220 g/mol. The fraction of sp³-hybridized carbons (Fsp3) is 0.900. The summed E-state index contributed by atoms with van der Waals surface area (Å²) in [6, 6.07) is 0. The highest BCUT2D eigenvalue weighted by molar-refractivity contribution is 7.92. The van der Waals surface area contributed by atoms with Gasteiger partial charge in [0.25, 0.3) is 0 Å². The van der Waals surface area contributed by atoms with Gasteiger partial charge in [0.2, 0.25) is 0 Å². The zero-order valence-electron chi connectivity index (χ0n) is 9.41. The normalized spacial score (nSPS) is 14.4. The van der Waals surface area contributed by atoms with Crippen LogP contribution in [0.15, 0.2) is 0 Å². The number of hydrogen-bond acceptors (Lipinski definition) is 3. The number of sulfone groups is 1. The summed E-state index contributed by atoms with van der Waals surface area (Å²) in [5.41, 5.74) is 0. The fourth-order valence-electron chi connectivity index (χ4n) is 1.06. The molecule has 0 aromatic carbocycles. The molecule has 3 nitrogen and oxygen atoms in total. The van der Waals surface area contributed by atoms with E-state index in [1.165, 1.54) is 6.92 Å². The smallest absolute Gasteiger partial charge is 0.159 e. The van der Waals surface area contributed by atoms with Crippen molar-refractivity contribution >= 4 is 15.6 Å². The van der Waals surface area contributed by atoms with Gasteiger partial charge in [-0.05, 0) is 19.3 Å². The highest BCUT2D eigenvalue weighted by atomic mass is 32.2. The number of carbonyl (C=O) groups is 1. The van der Waals surface area contributed by atoms with Crippen LogP contribution < -0.4 is 0 Å². The predicted octanol–water partition coefficient (Wildman–Crippen LogP) is 1.81. The highest BCUT2D eigenvalue weighted by Gasteiger charge is 2.26. The van der Waals surface area contributed by atoms with Crippen molar-refractivity contribution in [2.24, 2.45) is 5.92 Å². The van der Waals surface area contributed by atoms with E-state index in [1.54, 1.807) is 6.92 Å². The molecule has 0 aromatic heterocycles. The van der Waals surface area contributed by atoms with Crippen LogP contribution in [0, 0.1) is 5.92 Å². The van der Waals surface area contributed by atoms with E-state index in [4.69, 9.17) is 0 Å². The molecule has 0 rings (SSSR count). The van der Waals surface area contributed by atoms with Crippen LogP contribution in [0.25, 0.3) is 0 Å². The Kier molecular flexibility index (Phi) is 5.34. The van der Waals surface area contributed by atoms with E-state index >= 15 is 0 Å². The third kappa shape index (κ3) is 4.22. The fourth-order valence-corrected chi connectivity index (χ4v) is 2.79. The molecule has 0 saturated carbocycles. The topological polar surface area (TPSA) is 51.2 Å². The molecule has 0 spiro atoms. The van der Waals surface area contributed by atoms with Gasteiger partial charge in [-0.15, -0.1) is 0 Å². The first kappa shape index (κ1) is 13.6. The molecule has 84 valence electrons. The molecule has 0 aromatic rings. The van der Waals surface area contributed by atoms with Crippen LogP contribution in [0.5, 0.6) is 0 Å². The van der Waals surface area contributed by atoms with Crippen molar-refractivity contribution in [3.63, 3.8) is 0 Å². The zero-order chi connectivity index (χ0) is 11.4. The van der Waals surface area contributed by atoms with Crippen LogP contribution in [0.1, 0.15) is 40.5 Å². The van der Waals surface area contributed by atoms with Crippen LogP contribution in [0.3, 0.4) is 0 Å². The predicted molar refractivity (Wildman–Crippen MR) is 58.0 cm³/mol. The molecule has 14 heavy (non-hydrogen) atoms. The second-order valence-corrected chi connectivity index (χ2v) is 6.45. The average Bonchev–Trinajstić information content (AvgIpc) is 2.12. The molecule has 0 aliphatic heterocycles. The van der Waals surface area contributed by atoms with Gasteiger partial charge in [-0.3, -0.25) is 4.79 Å². The minimum atomic E-state index is -3.22. The summed E-state index contributed by atoms with van der Waals surface area (Å²) in [5, 5.41) is -0.828. The molecule has 0 aliphatic rings. The van der Waals surface area contributed by atoms with E-state index in [0.29, 0.717) is 18.8 Å². The van der Waals surface area contributed by atoms with Crippen molar-refractivity contribution in [2.45, 2.75) is 45.8 Å². The molecule has 1 unspecified atom stereocenters. The Hall–Kier alpha value is -0.380. The summed E-state index contributed by atoms with van der Waals surface area (Å²) in [7, 11) is -3.22. The Bertz CT molecular complexity index is 278. The Morgan fingerprint density at radius 3 is 2.07 bits per heavy atom. The molecule has 4 heteroatoms. The molecule has 0 amide bonds. The lowest BCUT2D eigenvalue weighted by Crippen LogP contribution is -2.29. The third-order valence-electron chi connectivity index (χ3n) is 2.32. The summed E-state index contributed by atoms with van der Waals surface area (Å²) >= 11 is 0. The van der Waals surface area contributed by atoms with Crippen molar-refractivity contribution in [1.29, 1.82) is 0 Å². The first-order valence-corrected chi connectivity index (χ1v) is 6.77. The second-order valence-electron chi connectivity index (χ2n) is 4.01. The van der Waals surface area contributed by atoms with Crippen LogP contribution in [-0.2, 0) is 14.6 Å². The van der Waals surface area contributed by atoms with Gasteiger partial charge in [0.15, 0.2) is 9.84 Å². The number of Topliss-reactive ketones (excluding diaryl/α,β-unsaturated/α-hetero) is 1. The Morgan fingerprint density at radius 2 is 1.71 bits per heavy atom. The number of ketones is 1. The summed E-state index contributed by atoms with van der Waals surface area (Å²) in [4.78, 5) is 11.2. The maximum atomic E-state index is 11.6. The Morgan fingerprint density at radius 1 is 1.21 bits per heavy atom. The number of carbonyl (C=O) groups excluding carboxylic acids is 1. The van der Waals surface area contributed by atoms with Crippen molar-refractivity contribution in [3.8, 4) is 0 Å². The van der Waals surface area contributed by atoms with Gasteiger partial charge >= 0.3 is 0 Å². The quantitative estimate of drug-likeness (QED) is 0.686. The standard InChI is InChI=1S/C10H20O3S/c1-5-10(11)9(4)14(12,13)7-6-8(2)3/h8-9H,5-7H2,1-4H3. The molecular weight excluding hydrogens is 200 g/mol. The molecular formula is C10H20O3S. The van der Waals surface area contributed by atoms with Gasteiger partial charge < -0.3 is 0 Å².